The van der Waals surface area contributed by atoms with Gasteiger partial charge in [0, 0.05) is 30.0 Å². The first-order valence-electron chi connectivity index (χ1n) is 9.38. The van der Waals surface area contributed by atoms with Crippen LogP contribution < -0.4 is 0 Å². The van der Waals surface area contributed by atoms with E-state index in [0.717, 1.165) is 41.6 Å². The van der Waals surface area contributed by atoms with E-state index in [0.29, 0.717) is 13.2 Å². The largest absolute Gasteiger partial charge is 0.460 e. The lowest BCUT2D eigenvalue weighted by molar-refractivity contribution is -0.144. The first-order valence-corrected chi connectivity index (χ1v) is 9.38. The fourth-order valence-corrected chi connectivity index (χ4v) is 4.18. The summed E-state index contributed by atoms with van der Waals surface area (Å²) in [7, 11) is 0. The van der Waals surface area contributed by atoms with Gasteiger partial charge >= 0.3 is 0 Å². The van der Waals surface area contributed by atoms with Crippen LogP contribution in [0, 0.1) is 0 Å². The molecule has 0 radical (unpaired) electrons. The summed E-state index contributed by atoms with van der Waals surface area (Å²) in [6.07, 6.45) is 9.20. The highest BCUT2D eigenvalue weighted by Gasteiger charge is 2.35. The summed E-state index contributed by atoms with van der Waals surface area (Å²) in [6, 6.07) is 8.24. The Kier molecular flexibility index (Phi) is 4.62. The highest BCUT2D eigenvalue weighted by atomic mass is 16.5. The Labute approximate surface area is 148 Å². The SMILES string of the molecule is CCc1oc2ccccc2c1/C=C/C(=O)N1CCOC2CCCCC21. The van der Waals surface area contributed by atoms with E-state index >= 15 is 0 Å². The molecule has 4 rings (SSSR count). The maximum Gasteiger partial charge on any atom is 0.246 e. The molecule has 4 heteroatoms. The zero-order valence-corrected chi connectivity index (χ0v) is 14.7. The van der Waals surface area contributed by atoms with Crippen molar-refractivity contribution >= 4 is 23.0 Å². The molecule has 2 aromatic rings. The molecule has 2 atom stereocenters. The number of carbonyl (C=O) groups excluding carboxylic acids is 1. The first-order chi connectivity index (χ1) is 12.3. The van der Waals surface area contributed by atoms with Crippen LogP contribution in [0.2, 0.25) is 0 Å². The second-order valence-electron chi connectivity index (χ2n) is 6.91. The normalized spacial score (nSPS) is 24.0. The fourth-order valence-electron chi connectivity index (χ4n) is 4.18. The number of hydrogen-bond donors (Lipinski definition) is 0. The second kappa shape index (κ2) is 7.04. The summed E-state index contributed by atoms with van der Waals surface area (Å²) < 4.78 is 11.8. The predicted octanol–water partition coefficient (Wildman–Crippen LogP) is 4.18. The Bertz CT molecular complexity index is 790. The molecule has 2 unspecified atom stereocenters. The Morgan fingerprint density at radius 3 is 3.00 bits per heavy atom. The molecule has 132 valence electrons. The van der Waals surface area contributed by atoms with E-state index in [1.54, 1.807) is 6.08 Å². The van der Waals surface area contributed by atoms with Gasteiger partial charge in [0.05, 0.1) is 18.8 Å². The summed E-state index contributed by atoms with van der Waals surface area (Å²) in [5.74, 6) is 1.02. The summed E-state index contributed by atoms with van der Waals surface area (Å²) >= 11 is 0. The topological polar surface area (TPSA) is 42.7 Å². The first kappa shape index (κ1) is 16.4. The van der Waals surface area contributed by atoms with Crippen molar-refractivity contribution in [1.29, 1.82) is 0 Å². The Morgan fingerprint density at radius 1 is 1.28 bits per heavy atom. The molecule has 1 aliphatic heterocycles. The second-order valence-corrected chi connectivity index (χ2v) is 6.91. The number of fused-ring (bicyclic) bond motifs is 2. The number of rotatable bonds is 3. The Balaban J connectivity index is 1.58. The van der Waals surface area contributed by atoms with E-state index in [1.807, 2.05) is 35.2 Å². The standard InChI is InChI=1S/C21H25NO3/c1-2-18-16(15-7-3-5-9-19(15)25-18)11-12-21(23)22-13-14-24-20-10-6-4-8-17(20)22/h3,5,7,9,11-12,17,20H,2,4,6,8,10,13-14H2,1H3/b12-11+. The molecule has 0 N–H and O–H groups in total. The van der Waals surface area contributed by atoms with Gasteiger partial charge in [0.25, 0.3) is 0 Å². The van der Waals surface area contributed by atoms with Crippen molar-refractivity contribution in [2.45, 2.75) is 51.2 Å². The fraction of sp³-hybridized carbons (Fsp3) is 0.476. The zero-order chi connectivity index (χ0) is 17.2. The van der Waals surface area contributed by atoms with Gasteiger partial charge in [0.15, 0.2) is 0 Å². The van der Waals surface area contributed by atoms with Crippen LogP contribution in [0.4, 0.5) is 0 Å². The molecule has 1 aromatic heterocycles. The average Bonchev–Trinajstić information content (AvgIpc) is 3.03. The summed E-state index contributed by atoms with van der Waals surface area (Å²) in [4.78, 5) is 14.8. The molecular weight excluding hydrogens is 314 g/mol. The van der Waals surface area contributed by atoms with Gasteiger partial charge in [-0.05, 0) is 25.0 Å². The summed E-state index contributed by atoms with van der Waals surface area (Å²) in [5, 5.41) is 1.07. The lowest BCUT2D eigenvalue weighted by Gasteiger charge is -2.43. The van der Waals surface area contributed by atoms with Crippen molar-refractivity contribution in [3.05, 3.63) is 41.7 Å². The van der Waals surface area contributed by atoms with Crippen molar-refractivity contribution in [2.75, 3.05) is 13.2 Å². The van der Waals surface area contributed by atoms with Gasteiger partial charge in [0.1, 0.15) is 11.3 Å². The van der Waals surface area contributed by atoms with Gasteiger partial charge in [-0.25, -0.2) is 0 Å². The maximum absolute atomic E-state index is 12.8. The number of morpholine rings is 1. The van der Waals surface area contributed by atoms with Gasteiger partial charge in [-0.15, -0.1) is 0 Å². The molecule has 0 bridgehead atoms. The molecule has 0 spiro atoms. The molecule has 1 aliphatic carbocycles. The monoisotopic (exact) mass is 339 g/mol. The van der Waals surface area contributed by atoms with Crippen LogP contribution in [0.1, 0.15) is 43.9 Å². The summed E-state index contributed by atoms with van der Waals surface area (Å²) in [6.45, 7) is 3.41. The third kappa shape index (κ3) is 3.11. The number of para-hydroxylation sites is 1. The maximum atomic E-state index is 12.8. The van der Waals surface area contributed by atoms with Gasteiger partial charge in [0.2, 0.25) is 5.91 Å². The molecule has 1 saturated heterocycles. The van der Waals surface area contributed by atoms with Crippen LogP contribution in [0.25, 0.3) is 17.0 Å². The number of carbonyl (C=O) groups is 1. The van der Waals surface area contributed by atoms with Crippen molar-refractivity contribution in [3.8, 4) is 0 Å². The lowest BCUT2D eigenvalue weighted by atomic mass is 9.90. The van der Waals surface area contributed by atoms with Gasteiger partial charge in [-0.1, -0.05) is 38.0 Å². The number of hydrogen-bond acceptors (Lipinski definition) is 3. The minimum atomic E-state index is 0.0903. The molecule has 2 fully saturated rings. The smallest absolute Gasteiger partial charge is 0.246 e. The minimum Gasteiger partial charge on any atom is -0.460 e. The third-order valence-corrected chi connectivity index (χ3v) is 5.44. The molecule has 1 amide bonds. The number of nitrogens with zero attached hydrogens (tertiary/aromatic N) is 1. The van der Waals surface area contributed by atoms with Crippen molar-refractivity contribution < 1.29 is 13.9 Å². The minimum absolute atomic E-state index is 0.0903. The number of ether oxygens (including phenoxy) is 1. The zero-order valence-electron chi connectivity index (χ0n) is 14.7. The third-order valence-electron chi connectivity index (χ3n) is 5.44. The molecule has 1 aromatic carbocycles. The van der Waals surface area contributed by atoms with Gasteiger partial charge in [-0.3, -0.25) is 4.79 Å². The van der Waals surface area contributed by atoms with Gasteiger partial charge < -0.3 is 14.1 Å². The number of amides is 1. The van der Waals surface area contributed by atoms with Crippen molar-refractivity contribution in [2.24, 2.45) is 0 Å². The van der Waals surface area contributed by atoms with Crippen LogP contribution >= 0.6 is 0 Å². The molecule has 2 aliphatic rings. The average molecular weight is 339 g/mol. The number of furan rings is 1. The van der Waals surface area contributed by atoms with Crippen molar-refractivity contribution in [3.63, 3.8) is 0 Å². The van der Waals surface area contributed by atoms with Crippen LogP contribution in [0.3, 0.4) is 0 Å². The van der Waals surface area contributed by atoms with Crippen molar-refractivity contribution in [1.82, 2.24) is 4.90 Å². The highest BCUT2D eigenvalue weighted by Crippen LogP contribution is 2.30. The molecule has 25 heavy (non-hydrogen) atoms. The molecule has 4 nitrogen and oxygen atoms in total. The number of aryl methyl sites for hydroxylation is 1. The van der Waals surface area contributed by atoms with E-state index in [4.69, 9.17) is 9.15 Å². The van der Waals surface area contributed by atoms with E-state index < -0.39 is 0 Å². The molecular formula is C21H25NO3. The summed E-state index contributed by atoms with van der Waals surface area (Å²) in [5.41, 5.74) is 1.91. The quantitative estimate of drug-likeness (QED) is 0.788. The van der Waals surface area contributed by atoms with Crippen LogP contribution in [-0.2, 0) is 16.0 Å². The van der Waals surface area contributed by atoms with E-state index in [9.17, 15) is 4.79 Å². The van der Waals surface area contributed by atoms with Crippen LogP contribution in [0.5, 0.6) is 0 Å². The molecule has 1 saturated carbocycles. The number of benzene rings is 1. The van der Waals surface area contributed by atoms with E-state index in [1.165, 1.54) is 12.8 Å². The van der Waals surface area contributed by atoms with Crippen LogP contribution in [-0.4, -0.2) is 36.1 Å². The predicted molar refractivity (Wildman–Crippen MR) is 98.3 cm³/mol. The van der Waals surface area contributed by atoms with E-state index in [-0.39, 0.29) is 18.1 Å². The van der Waals surface area contributed by atoms with Crippen LogP contribution in [0.15, 0.2) is 34.8 Å². The highest BCUT2D eigenvalue weighted by molar-refractivity contribution is 5.96. The Hall–Kier alpha value is -2.07. The Morgan fingerprint density at radius 2 is 2.12 bits per heavy atom. The van der Waals surface area contributed by atoms with E-state index in [2.05, 4.69) is 6.92 Å². The molecule has 2 heterocycles. The van der Waals surface area contributed by atoms with Gasteiger partial charge in [-0.2, -0.15) is 0 Å². The lowest BCUT2D eigenvalue weighted by Crippen LogP contribution is -2.54.